The Morgan fingerprint density at radius 3 is 2.52 bits per heavy atom. The minimum atomic E-state index is -0.329. The van der Waals surface area contributed by atoms with Gasteiger partial charge in [0, 0.05) is 13.1 Å². The van der Waals surface area contributed by atoms with Gasteiger partial charge in [-0.25, -0.2) is 4.39 Å². The molecule has 3 nitrogen and oxygen atoms in total. The lowest BCUT2D eigenvalue weighted by molar-refractivity contribution is -0.131. The van der Waals surface area contributed by atoms with Crippen LogP contribution in [0.1, 0.15) is 30.0 Å². The highest BCUT2D eigenvalue weighted by Crippen LogP contribution is 2.11. The zero-order valence-electron chi connectivity index (χ0n) is 13.1. The number of hydrogen-bond acceptors (Lipinski definition) is 2. The first-order valence-corrected chi connectivity index (χ1v) is 7.63. The van der Waals surface area contributed by atoms with Crippen LogP contribution in [-0.2, 0) is 17.8 Å². The molecule has 0 unspecified atom stereocenters. The van der Waals surface area contributed by atoms with Gasteiger partial charge >= 0.3 is 0 Å². The summed E-state index contributed by atoms with van der Waals surface area (Å²) >= 11 is 0. The van der Waals surface area contributed by atoms with Crippen LogP contribution < -0.4 is 0 Å². The molecule has 0 aliphatic heterocycles. The average Bonchev–Trinajstić information content (AvgIpc) is 2.55. The molecule has 0 saturated heterocycles. The molecule has 0 aliphatic carbocycles. The van der Waals surface area contributed by atoms with Gasteiger partial charge in [0.1, 0.15) is 5.82 Å². The molecule has 1 amide bonds. The maximum atomic E-state index is 13.2. The monoisotopic (exact) mass is 310 g/mol. The van der Waals surface area contributed by atoms with E-state index < -0.39 is 0 Å². The number of nitrogens with zero attached hydrogens (tertiary/aromatic N) is 2. The van der Waals surface area contributed by atoms with Gasteiger partial charge < -0.3 is 4.90 Å². The molecule has 0 atom stereocenters. The molecule has 0 heterocycles. The molecule has 2 aromatic carbocycles. The van der Waals surface area contributed by atoms with Gasteiger partial charge in [-0.2, -0.15) is 5.26 Å². The van der Waals surface area contributed by atoms with E-state index in [1.807, 2.05) is 19.1 Å². The molecule has 0 spiro atoms. The largest absolute Gasteiger partial charge is 0.338 e. The summed E-state index contributed by atoms with van der Waals surface area (Å²) in [5.74, 6) is -0.355. The van der Waals surface area contributed by atoms with Crippen molar-refractivity contribution in [2.45, 2.75) is 26.3 Å². The molecule has 118 valence electrons. The van der Waals surface area contributed by atoms with E-state index in [-0.39, 0.29) is 18.1 Å². The second-order valence-electron chi connectivity index (χ2n) is 5.43. The number of benzene rings is 2. The van der Waals surface area contributed by atoms with Gasteiger partial charge in [0.25, 0.3) is 0 Å². The van der Waals surface area contributed by atoms with Crippen molar-refractivity contribution in [3.05, 3.63) is 71.0 Å². The topological polar surface area (TPSA) is 44.1 Å². The average molecular weight is 310 g/mol. The second-order valence-corrected chi connectivity index (χ2v) is 5.43. The number of rotatable bonds is 6. The molecule has 0 aromatic heterocycles. The summed E-state index contributed by atoms with van der Waals surface area (Å²) < 4.78 is 13.2. The summed E-state index contributed by atoms with van der Waals surface area (Å²) in [5.41, 5.74) is 2.25. The van der Waals surface area contributed by atoms with Gasteiger partial charge in [-0.15, -0.1) is 0 Å². The lowest BCUT2D eigenvalue weighted by Gasteiger charge is -2.22. The minimum Gasteiger partial charge on any atom is -0.338 e. The van der Waals surface area contributed by atoms with Gasteiger partial charge in [-0.1, -0.05) is 31.2 Å². The summed E-state index contributed by atoms with van der Waals surface area (Å²) in [5, 5.41) is 8.82. The maximum Gasteiger partial charge on any atom is 0.227 e. The fourth-order valence-corrected chi connectivity index (χ4v) is 2.40. The highest BCUT2D eigenvalue weighted by Gasteiger charge is 2.14. The van der Waals surface area contributed by atoms with Gasteiger partial charge in [-0.05, 0) is 41.8 Å². The summed E-state index contributed by atoms with van der Waals surface area (Å²) in [7, 11) is 0. The van der Waals surface area contributed by atoms with Crippen LogP contribution in [-0.4, -0.2) is 17.4 Å². The first-order valence-electron chi connectivity index (χ1n) is 7.63. The second kappa shape index (κ2) is 8.09. The minimum absolute atomic E-state index is 0.0261. The van der Waals surface area contributed by atoms with E-state index in [4.69, 9.17) is 5.26 Å². The Morgan fingerprint density at radius 1 is 1.17 bits per heavy atom. The predicted octanol–water partition coefficient (Wildman–Crippen LogP) is 3.68. The van der Waals surface area contributed by atoms with E-state index in [0.717, 1.165) is 12.0 Å². The number of carbonyl (C=O) groups excluding carboxylic acids is 1. The van der Waals surface area contributed by atoms with Gasteiger partial charge in [0.05, 0.1) is 18.1 Å². The fraction of sp³-hybridized carbons (Fsp3) is 0.263. The van der Waals surface area contributed by atoms with E-state index >= 15 is 0 Å². The van der Waals surface area contributed by atoms with Crippen LogP contribution >= 0.6 is 0 Å². The van der Waals surface area contributed by atoms with Crippen LogP contribution in [0.25, 0.3) is 0 Å². The molecule has 0 N–H and O–H groups in total. The number of carbonyl (C=O) groups is 1. The van der Waals surface area contributed by atoms with Gasteiger partial charge in [0.15, 0.2) is 0 Å². The van der Waals surface area contributed by atoms with E-state index in [2.05, 4.69) is 6.07 Å². The van der Waals surface area contributed by atoms with Crippen molar-refractivity contribution in [2.75, 3.05) is 6.54 Å². The zero-order valence-corrected chi connectivity index (χ0v) is 13.1. The number of hydrogen-bond donors (Lipinski definition) is 0. The highest BCUT2D eigenvalue weighted by atomic mass is 19.1. The highest BCUT2D eigenvalue weighted by molar-refractivity contribution is 5.78. The lowest BCUT2D eigenvalue weighted by Crippen LogP contribution is -2.32. The number of amides is 1. The third-order valence-electron chi connectivity index (χ3n) is 3.55. The van der Waals surface area contributed by atoms with Crippen molar-refractivity contribution in [3.8, 4) is 6.07 Å². The molecular weight excluding hydrogens is 291 g/mol. The van der Waals surface area contributed by atoms with Crippen molar-refractivity contribution in [1.29, 1.82) is 5.26 Å². The molecule has 0 aliphatic rings. The standard InChI is InChI=1S/C19H19FN2O/c1-2-10-22(14-16-8-6-15(13-21)7-9-16)19(23)12-17-4-3-5-18(20)11-17/h3-9,11H,2,10,12,14H2,1H3. The van der Waals surface area contributed by atoms with E-state index in [0.29, 0.717) is 24.2 Å². The molecule has 23 heavy (non-hydrogen) atoms. The zero-order chi connectivity index (χ0) is 16.7. The SMILES string of the molecule is CCCN(Cc1ccc(C#N)cc1)C(=O)Cc1cccc(F)c1. The maximum absolute atomic E-state index is 13.2. The predicted molar refractivity (Wildman–Crippen MR) is 87.0 cm³/mol. The smallest absolute Gasteiger partial charge is 0.227 e. The third kappa shape index (κ3) is 4.93. The number of halogens is 1. The molecule has 0 fully saturated rings. The Hall–Kier alpha value is -2.67. The Labute approximate surface area is 136 Å². The Balaban J connectivity index is 2.07. The molecule has 0 saturated carbocycles. The summed E-state index contributed by atoms with van der Waals surface area (Å²) in [6.45, 7) is 3.16. The Bertz CT molecular complexity index is 704. The summed E-state index contributed by atoms with van der Waals surface area (Å²) in [6, 6.07) is 15.4. The Morgan fingerprint density at radius 2 is 1.91 bits per heavy atom. The summed E-state index contributed by atoms with van der Waals surface area (Å²) in [6.07, 6.45) is 1.04. The van der Waals surface area contributed by atoms with Crippen LogP contribution in [0.5, 0.6) is 0 Å². The van der Waals surface area contributed by atoms with Crippen LogP contribution in [0.3, 0.4) is 0 Å². The molecule has 2 rings (SSSR count). The summed E-state index contributed by atoms with van der Waals surface area (Å²) in [4.78, 5) is 14.3. The normalized spacial score (nSPS) is 10.1. The molecule has 2 aromatic rings. The number of nitriles is 1. The molecular formula is C19H19FN2O. The van der Waals surface area contributed by atoms with Crippen LogP contribution in [0, 0.1) is 17.1 Å². The fourth-order valence-electron chi connectivity index (χ4n) is 2.40. The van der Waals surface area contributed by atoms with Crippen molar-refractivity contribution in [2.24, 2.45) is 0 Å². The van der Waals surface area contributed by atoms with Crippen molar-refractivity contribution in [1.82, 2.24) is 4.90 Å². The molecule has 0 bridgehead atoms. The first-order chi connectivity index (χ1) is 11.1. The van der Waals surface area contributed by atoms with Crippen LogP contribution in [0.4, 0.5) is 4.39 Å². The van der Waals surface area contributed by atoms with Crippen LogP contribution in [0.15, 0.2) is 48.5 Å². The molecule has 0 radical (unpaired) electrons. The first kappa shape index (κ1) is 16.7. The van der Waals surface area contributed by atoms with E-state index in [1.165, 1.54) is 12.1 Å². The third-order valence-corrected chi connectivity index (χ3v) is 3.55. The van der Waals surface area contributed by atoms with E-state index in [1.54, 1.807) is 29.2 Å². The van der Waals surface area contributed by atoms with Crippen molar-refractivity contribution >= 4 is 5.91 Å². The lowest BCUT2D eigenvalue weighted by atomic mass is 10.1. The van der Waals surface area contributed by atoms with Gasteiger partial charge in [-0.3, -0.25) is 4.79 Å². The van der Waals surface area contributed by atoms with Crippen molar-refractivity contribution < 1.29 is 9.18 Å². The quantitative estimate of drug-likeness (QED) is 0.817. The Kier molecular flexibility index (Phi) is 5.87. The van der Waals surface area contributed by atoms with Gasteiger partial charge in [0.2, 0.25) is 5.91 Å². The van der Waals surface area contributed by atoms with Crippen LogP contribution in [0.2, 0.25) is 0 Å². The van der Waals surface area contributed by atoms with Crippen molar-refractivity contribution in [3.63, 3.8) is 0 Å². The van der Waals surface area contributed by atoms with E-state index in [9.17, 15) is 9.18 Å². The molecule has 4 heteroatoms.